The molecule has 1 saturated heterocycles. The summed E-state index contributed by atoms with van der Waals surface area (Å²) in [4.78, 5) is 38.2. The Bertz CT molecular complexity index is 1070. The highest BCUT2D eigenvalue weighted by Crippen LogP contribution is 2.30. The van der Waals surface area contributed by atoms with Gasteiger partial charge in [0.2, 0.25) is 0 Å². The Kier molecular flexibility index (Phi) is 6.27. The third kappa shape index (κ3) is 4.45. The molecule has 1 N–H and O–H groups in total. The van der Waals surface area contributed by atoms with Crippen LogP contribution in [0.25, 0.3) is 6.08 Å². The van der Waals surface area contributed by atoms with Crippen LogP contribution in [0.2, 0.25) is 15.1 Å². The maximum absolute atomic E-state index is 12.9. The average molecular weight is 452 g/mol. The molecule has 0 unspecified atom stereocenters. The number of nitrogens with one attached hydrogen (secondary N) is 1. The topological polar surface area (TPSA) is 75.7 Å². The number of imide groups is 2. The van der Waals surface area contributed by atoms with Crippen molar-refractivity contribution in [3.8, 4) is 5.75 Å². The van der Waals surface area contributed by atoms with Crippen LogP contribution < -0.4 is 15.0 Å². The molecule has 0 radical (unpaired) electrons. The van der Waals surface area contributed by atoms with Gasteiger partial charge in [-0.15, -0.1) is 0 Å². The van der Waals surface area contributed by atoms with Gasteiger partial charge in [-0.2, -0.15) is 0 Å². The van der Waals surface area contributed by atoms with E-state index in [9.17, 15) is 14.4 Å². The zero-order valence-corrected chi connectivity index (χ0v) is 17.0. The Labute approximate surface area is 181 Å². The van der Waals surface area contributed by atoms with Gasteiger partial charge in [0.15, 0.2) is 0 Å². The first kappa shape index (κ1) is 20.9. The summed E-state index contributed by atoms with van der Waals surface area (Å²) in [5.74, 6) is -1.19. The molecule has 0 bridgehead atoms. The van der Waals surface area contributed by atoms with Crippen molar-refractivity contribution in [2.45, 2.75) is 0 Å². The molecule has 148 valence electrons. The van der Waals surface area contributed by atoms with Gasteiger partial charge >= 0.3 is 6.03 Å². The first-order valence-corrected chi connectivity index (χ1v) is 9.35. The lowest BCUT2D eigenvalue weighted by Crippen LogP contribution is -2.54. The predicted octanol–water partition coefficient (Wildman–Crippen LogP) is 4.88. The van der Waals surface area contributed by atoms with Crippen LogP contribution in [0, 0.1) is 0 Å². The minimum absolute atomic E-state index is 0.161. The number of carbonyl (C=O) groups is 3. The summed E-state index contributed by atoms with van der Waals surface area (Å²) < 4.78 is 5.39. The fraction of sp³-hybridized carbons (Fsp3) is 0.0500. The maximum Gasteiger partial charge on any atom is 0.335 e. The molecule has 29 heavy (non-hydrogen) atoms. The van der Waals surface area contributed by atoms with Crippen molar-refractivity contribution in [2.75, 3.05) is 11.5 Å². The third-order valence-corrected chi connectivity index (χ3v) is 4.92. The van der Waals surface area contributed by atoms with Gasteiger partial charge in [-0.25, -0.2) is 9.69 Å². The monoisotopic (exact) mass is 450 g/mol. The summed E-state index contributed by atoms with van der Waals surface area (Å²) in [6.07, 6.45) is 2.91. The van der Waals surface area contributed by atoms with Crippen LogP contribution in [0.5, 0.6) is 5.75 Å². The van der Waals surface area contributed by atoms with Crippen LogP contribution in [0.15, 0.2) is 54.6 Å². The zero-order chi connectivity index (χ0) is 21.1. The van der Waals surface area contributed by atoms with E-state index in [0.717, 1.165) is 4.90 Å². The number of halogens is 3. The Hall–Kier alpha value is -2.80. The van der Waals surface area contributed by atoms with E-state index < -0.39 is 17.8 Å². The number of rotatable bonds is 5. The summed E-state index contributed by atoms with van der Waals surface area (Å²) >= 11 is 18.0. The van der Waals surface area contributed by atoms with Crippen LogP contribution in [0.4, 0.5) is 10.5 Å². The molecule has 1 fully saturated rings. The largest absolute Gasteiger partial charge is 0.488 e. The van der Waals surface area contributed by atoms with Crippen molar-refractivity contribution in [1.82, 2.24) is 5.32 Å². The maximum atomic E-state index is 12.9. The van der Waals surface area contributed by atoms with Crippen molar-refractivity contribution in [1.29, 1.82) is 0 Å². The number of barbiturate groups is 1. The molecule has 1 aliphatic rings. The Morgan fingerprint density at radius 2 is 1.76 bits per heavy atom. The van der Waals surface area contributed by atoms with Gasteiger partial charge in [-0.3, -0.25) is 14.9 Å². The van der Waals surface area contributed by atoms with E-state index in [2.05, 4.69) is 11.9 Å². The third-order valence-electron chi connectivity index (χ3n) is 3.89. The summed E-state index contributed by atoms with van der Waals surface area (Å²) in [6.45, 7) is 3.84. The molecule has 3 rings (SSSR count). The Morgan fingerprint density at radius 1 is 1.00 bits per heavy atom. The first-order chi connectivity index (χ1) is 13.8. The van der Waals surface area contributed by atoms with Gasteiger partial charge in [-0.05, 0) is 42.0 Å². The Morgan fingerprint density at radius 3 is 2.41 bits per heavy atom. The predicted molar refractivity (Wildman–Crippen MR) is 113 cm³/mol. The molecule has 0 spiro atoms. The number of anilines is 1. The van der Waals surface area contributed by atoms with Gasteiger partial charge in [-0.1, -0.05) is 53.5 Å². The highest BCUT2D eigenvalue weighted by atomic mass is 35.5. The van der Waals surface area contributed by atoms with E-state index in [0.29, 0.717) is 16.3 Å². The average Bonchev–Trinajstić information content (AvgIpc) is 2.67. The van der Waals surface area contributed by atoms with Gasteiger partial charge in [0, 0.05) is 0 Å². The van der Waals surface area contributed by atoms with Crippen molar-refractivity contribution in [2.24, 2.45) is 0 Å². The second-order valence-corrected chi connectivity index (χ2v) is 7.07. The molecule has 9 heteroatoms. The molecule has 0 saturated carbocycles. The zero-order valence-electron chi connectivity index (χ0n) is 14.7. The molecule has 0 aromatic heterocycles. The fourth-order valence-electron chi connectivity index (χ4n) is 2.56. The van der Waals surface area contributed by atoms with Crippen LogP contribution >= 0.6 is 34.8 Å². The van der Waals surface area contributed by atoms with E-state index >= 15 is 0 Å². The minimum atomic E-state index is -0.887. The number of ether oxygens (including phenoxy) is 1. The standard InChI is InChI=1S/C20H13Cl3N2O4/c1-2-7-29-17-6-3-11(9-16(17)23)8-13-18(26)24-20(28)25(19(13)27)12-4-5-14(21)15(22)10-12/h2-6,8-10H,1,7H2,(H,24,26,28)/b13-8+. The van der Waals surface area contributed by atoms with E-state index in [1.165, 1.54) is 30.3 Å². The van der Waals surface area contributed by atoms with Crippen LogP contribution in [0.1, 0.15) is 5.56 Å². The molecule has 2 aromatic rings. The fourth-order valence-corrected chi connectivity index (χ4v) is 3.09. The molecule has 6 nitrogen and oxygen atoms in total. The van der Waals surface area contributed by atoms with E-state index in [1.54, 1.807) is 18.2 Å². The SMILES string of the molecule is C=CCOc1ccc(/C=C2\C(=O)NC(=O)N(c3ccc(Cl)c(Cl)c3)C2=O)cc1Cl. The van der Waals surface area contributed by atoms with Gasteiger partial charge < -0.3 is 4.74 Å². The lowest BCUT2D eigenvalue weighted by atomic mass is 10.1. The van der Waals surface area contributed by atoms with E-state index in [1.807, 2.05) is 0 Å². The van der Waals surface area contributed by atoms with Gasteiger partial charge in [0.25, 0.3) is 11.8 Å². The van der Waals surface area contributed by atoms with Gasteiger partial charge in [0.1, 0.15) is 17.9 Å². The normalized spacial score (nSPS) is 15.5. The van der Waals surface area contributed by atoms with Crippen molar-refractivity contribution in [3.05, 3.63) is 75.3 Å². The van der Waals surface area contributed by atoms with Crippen LogP contribution in [0.3, 0.4) is 0 Å². The van der Waals surface area contributed by atoms with E-state index in [-0.39, 0.29) is 27.9 Å². The molecule has 0 aliphatic carbocycles. The lowest BCUT2D eigenvalue weighted by Gasteiger charge is -2.26. The first-order valence-electron chi connectivity index (χ1n) is 8.21. The molecule has 4 amide bonds. The number of urea groups is 1. The second-order valence-electron chi connectivity index (χ2n) is 5.85. The molecule has 2 aromatic carbocycles. The highest BCUT2D eigenvalue weighted by molar-refractivity contribution is 6.43. The lowest BCUT2D eigenvalue weighted by molar-refractivity contribution is -0.122. The smallest absolute Gasteiger partial charge is 0.335 e. The number of hydrogen-bond acceptors (Lipinski definition) is 4. The minimum Gasteiger partial charge on any atom is -0.488 e. The molecule has 1 aliphatic heterocycles. The summed E-state index contributed by atoms with van der Waals surface area (Å²) in [6, 6.07) is 8.12. The molecular weight excluding hydrogens is 439 g/mol. The van der Waals surface area contributed by atoms with Crippen molar-refractivity contribution < 1.29 is 19.1 Å². The number of carbonyl (C=O) groups excluding carboxylic acids is 3. The van der Waals surface area contributed by atoms with Crippen molar-refractivity contribution in [3.63, 3.8) is 0 Å². The Balaban J connectivity index is 1.96. The second kappa shape index (κ2) is 8.69. The molecule has 1 heterocycles. The molecular formula is C20H13Cl3N2O4. The summed E-state index contributed by atoms with van der Waals surface area (Å²) in [5.41, 5.74) is 0.404. The van der Waals surface area contributed by atoms with Crippen molar-refractivity contribution >= 4 is 64.4 Å². The number of hydrogen-bond donors (Lipinski definition) is 1. The van der Waals surface area contributed by atoms with Crippen LogP contribution in [-0.2, 0) is 9.59 Å². The number of benzene rings is 2. The number of amides is 4. The number of nitrogens with zero attached hydrogens (tertiary/aromatic N) is 1. The van der Waals surface area contributed by atoms with Gasteiger partial charge in [0.05, 0.1) is 20.8 Å². The quantitative estimate of drug-likeness (QED) is 0.399. The van der Waals surface area contributed by atoms with E-state index in [4.69, 9.17) is 39.5 Å². The molecule has 0 atom stereocenters. The van der Waals surface area contributed by atoms with Crippen LogP contribution in [-0.4, -0.2) is 24.5 Å². The summed E-state index contributed by atoms with van der Waals surface area (Å²) in [5, 5.41) is 2.85. The summed E-state index contributed by atoms with van der Waals surface area (Å²) in [7, 11) is 0. The highest BCUT2D eigenvalue weighted by Gasteiger charge is 2.37.